The lowest BCUT2D eigenvalue weighted by molar-refractivity contribution is -0.139. The number of hydrogen-bond acceptors (Lipinski definition) is 6. The Bertz CT molecular complexity index is 1470. The van der Waals surface area contributed by atoms with Gasteiger partial charge in [-0.1, -0.05) is 31.5 Å². The van der Waals surface area contributed by atoms with E-state index in [0.29, 0.717) is 43.2 Å². The number of carbonyl (C=O) groups excluding carboxylic acids is 2. The van der Waals surface area contributed by atoms with Crippen molar-refractivity contribution in [3.63, 3.8) is 0 Å². The van der Waals surface area contributed by atoms with Crippen LogP contribution in [-0.2, 0) is 16.1 Å². The number of fused-ring (bicyclic) bond motifs is 1. The number of unbranched alkanes of at least 4 members (excludes halogenated alkanes) is 1. The molecule has 1 aromatic carbocycles. The minimum Gasteiger partial charge on any atom is -0.505 e. The van der Waals surface area contributed by atoms with Crippen molar-refractivity contribution in [3.05, 3.63) is 89.9 Å². The zero-order valence-corrected chi connectivity index (χ0v) is 21.6. The number of hydrogen-bond donors (Lipinski definition) is 1. The number of aryl methyl sites for hydroxylation is 2. The van der Waals surface area contributed by atoms with Gasteiger partial charge in [0, 0.05) is 31.7 Å². The molecule has 1 N–H and O–H groups in total. The number of likely N-dealkylation sites (tertiary alicyclic amines) is 1. The molecule has 1 atom stereocenters. The lowest BCUT2D eigenvalue weighted by Gasteiger charge is -2.25. The van der Waals surface area contributed by atoms with E-state index in [2.05, 4.69) is 16.9 Å². The summed E-state index contributed by atoms with van der Waals surface area (Å²) in [5, 5.41) is 11.6. The Labute approximate surface area is 221 Å². The summed E-state index contributed by atoms with van der Waals surface area (Å²) in [4.78, 5) is 36.9. The number of rotatable bonds is 10. The van der Waals surface area contributed by atoms with Gasteiger partial charge in [-0.2, -0.15) is 0 Å². The largest absolute Gasteiger partial charge is 0.505 e. The van der Waals surface area contributed by atoms with E-state index in [0.717, 1.165) is 24.2 Å². The SMILES string of the molecule is CCCCOc1ccc(C2/C(=C(\O)c3c(C)nc4ccccn34)C(=O)C(=O)N2CCCn2ccnc2)cc1. The first-order chi connectivity index (χ1) is 18.5. The van der Waals surface area contributed by atoms with Gasteiger partial charge in [0.25, 0.3) is 11.7 Å². The Morgan fingerprint density at radius 3 is 2.61 bits per heavy atom. The smallest absolute Gasteiger partial charge is 0.295 e. The second-order valence-corrected chi connectivity index (χ2v) is 9.39. The van der Waals surface area contributed by atoms with Gasteiger partial charge in [-0.3, -0.25) is 14.0 Å². The lowest BCUT2D eigenvalue weighted by Crippen LogP contribution is -2.31. The highest BCUT2D eigenvalue weighted by Crippen LogP contribution is 2.40. The molecule has 0 bridgehead atoms. The second kappa shape index (κ2) is 10.9. The van der Waals surface area contributed by atoms with Gasteiger partial charge in [-0.25, -0.2) is 9.97 Å². The summed E-state index contributed by atoms with van der Waals surface area (Å²) in [6, 6.07) is 12.2. The maximum atomic E-state index is 13.4. The summed E-state index contributed by atoms with van der Waals surface area (Å²) >= 11 is 0. The molecule has 9 nitrogen and oxygen atoms in total. The Hall–Kier alpha value is -4.40. The lowest BCUT2D eigenvalue weighted by atomic mass is 9.96. The van der Waals surface area contributed by atoms with Gasteiger partial charge in [0.1, 0.15) is 17.1 Å². The number of carbonyl (C=O) groups is 2. The van der Waals surface area contributed by atoms with Crippen LogP contribution in [0.5, 0.6) is 5.75 Å². The number of ether oxygens (including phenoxy) is 1. The number of aliphatic hydroxyl groups excluding tert-OH is 1. The van der Waals surface area contributed by atoms with E-state index in [1.165, 1.54) is 0 Å². The van der Waals surface area contributed by atoms with Crippen molar-refractivity contribution in [3.8, 4) is 5.75 Å². The van der Waals surface area contributed by atoms with Crippen LogP contribution in [0.4, 0.5) is 0 Å². The summed E-state index contributed by atoms with van der Waals surface area (Å²) in [6.45, 7) is 5.49. The van der Waals surface area contributed by atoms with Crippen molar-refractivity contribution in [1.82, 2.24) is 23.8 Å². The third kappa shape index (κ3) is 4.79. The summed E-state index contributed by atoms with van der Waals surface area (Å²) in [6.07, 6.45) is 9.67. The van der Waals surface area contributed by atoms with Crippen molar-refractivity contribution in [2.24, 2.45) is 0 Å². The Balaban J connectivity index is 1.54. The molecule has 0 aliphatic carbocycles. The first kappa shape index (κ1) is 25.3. The minimum atomic E-state index is -0.740. The Morgan fingerprint density at radius 1 is 1.05 bits per heavy atom. The second-order valence-electron chi connectivity index (χ2n) is 9.39. The average molecular weight is 514 g/mol. The molecule has 1 unspecified atom stereocenters. The number of aliphatic hydroxyl groups is 1. The highest BCUT2D eigenvalue weighted by Gasteiger charge is 2.46. The van der Waals surface area contributed by atoms with Crippen molar-refractivity contribution in [2.75, 3.05) is 13.2 Å². The zero-order chi connectivity index (χ0) is 26.6. The van der Waals surface area contributed by atoms with Crippen molar-refractivity contribution in [1.29, 1.82) is 0 Å². The summed E-state index contributed by atoms with van der Waals surface area (Å²) in [5.41, 5.74) is 2.40. The monoisotopic (exact) mass is 513 g/mol. The fourth-order valence-electron chi connectivity index (χ4n) is 4.91. The van der Waals surface area contributed by atoms with Crippen LogP contribution in [0.15, 0.2) is 73.0 Å². The molecule has 0 saturated carbocycles. The molecule has 0 spiro atoms. The Morgan fingerprint density at radius 2 is 1.87 bits per heavy atom. The van der Waals surface area contributed by atoms with Gasteiger partial charge in [-0.05, 0) is 49.6 Å². The van der Waals surface area contributed by atoms with E-state index in [1.807, 2.05) is 53.2 Å². The van der Waals surface area contributed by atoms with Crippen LogP contribution in [-0.4, -0.2) is 53.8 Å². The highest BCUT2D eigenvalue weighted by atomic mass is 16.5. The molecule has 1 amide bonds. The summed E-state index contributed by atoms with van der Waals surface area (Å²) in [5.74, 6) is -0.845. The number of Topliss-reactive ketones (excluding diaryl/α,β-unsaturated/α-hetero) is 1. The molecular formula is C29H31N5O4. The number of ketones is 1. The van der Waals surface area contributed by atoms with E-state index >= 15 is 0 Å². The normalized spacial score (nSPS) is 17.0. The average Bonchev–Trinajstić information content (AvgIpc) is 3.62. The van der Waals surface area contributed by atoms with Crippen LogP contribution < -0.4 is 4.74 Å². The van der Waals surface area contributed by atoms with E-state index in [4.69, 9.17) is 4.74 Å². The topological polar surface area (TPSA) is 102 Å². The molecule has 196 valence electrons. The molecule has 3 aromatic heterocycles. The minimum absolute atomic E-state index is 0.0611. The van der Waals surface area contributed by atoms with Gasteiger partial charge in [-0.15, -0.1) is 0 Å². The van der Waals surface area contributed by atoms with Gasteiger partial charge < -0.3 is 19.3 Å². The van der Waals surface area contributed by atoms with Crippen molar-refractivity contribution >= 4 is 23.1 Å². The van der Waals surface area contributed by atoms with Crippen molar-refractivity contribution < 1.29 is 19.4 Å². The maximum Gasteiger partial charge on any atom is 0.295 e. The summed E-state index contributed by atoms with van der Waals surface area (Å²) < 4.78 is 9.47. The number of nitrogens with zero attached hydrogens (tertiary/aromatic N) is 5. The summed E-state index contributed by atoms with van der Waals surface area (Å²) in [7, 11) is 0. The maximum absolute atomic E-state index is 13.4. The molecule has 1 fully saturated rings. The van der Waals surface area contributed by atoms with E-state index < -0.39 is 17.7 Å². The molecule has 9 heteroatoms. The molecular weight excluding hydrogens is 482 g/mol. The van der Waals surface area contributed by atoms with Crippen LogP contribution in [0.2, 0.25) is 0 Å². The van der Waals surface area contributed by atoms with Crippen LogP contribution in [0.1, 0.15) is 49.2 Å². The molecule has 1 aliphatic heterocycles. The molecule has 0 radical (unpaired) electrons. The standard InChI is InChI=1S/C29H31N5O4/c1-3-4-18-38-22-11-9-21(10-12-22)26-24(27(35)25-20(2)31-23-8-5-6-15-33(23)25)28(36)29(37)34(26)16-7-14-32-17-13-30-19-32/h5-6,8-13,15,17,19,26,35H,3-4,7,14,16,18H2,1-2H3/b27-24+. The predicted octanol–water partition coefficient (Wildman–Crippen LogP) is 4.53. The van der Waals surface area contributed by atoms with Crippen LogP contribution in [0, 0.1) is 6.92 Å². The molecule has 5 rings (SSSR count). The molecule has 1 aliphatic rings. The third-order valence-corrected chi connectivity index (χ3v) is 6.81. The van der Waals surface area contributed by atoms with Gasteiger partial charge >= 0.3 is 0 Å². The van der Waals surface area contributed by atoms with E-state index in [9.17, 15) is 14.7 Å². The Kier molecular flexibility index (Phi) is 7.26. The van der Waals surface area contributed by atoms with Crippen LogP contribution >= 0.6 is 0 Å². The number of amides is 1. The first-order valence-corrected chi connectivity index (χ1v) is 12.9. The van der Waals surface area contributed by atoms with Crippen LogP contribution in [0.25, 0.3) is 11.4 Å². The fourth-order valence-corrected chi connectivity index (χ4v) is 4.91. The first-order valence-electron chi connectivity index (χ1n) is 12.9. The quantitative estimate of drug-likeness (QED) is 0.145. The highest BCUT2D eigenvalue weighted by molar-refractivity contribution is 6.46. The molecule has 38 heavy (non-hydrogen) atoms. The third-order valence-electron chi connectivity index (χ3n) is 6.81. The van der Waals surface area contributed by atoms with Gasteiger partial charge in [0.15, 0.2) is 5.76 Å². The van der Waals surface area contributed by atoms with Crippen molar-refractivity contribution in [2.45, 2.75) is 45.7 Å². The fraction of sp³-hybridized carbons (Fsp3) is 0.310. The molecule has 1 saturated heterocycles. The van der Waals surface area contributed by atoms with Gasteiger partial charge in [0.2, 0.25) is 0 Å². The van der Waals surface area contributed by atoms with E-state index in [1.54, 1.807) is 34.9 Å². The predicted molar refractivity (Wildman–Crippen MR) is 143 cm³/mol. The number of aromatic nitrogens is 4. The van der Waals surface area contributed by atoms with Gasteiger partial charge in [0.05, 0.1) is 30.2 Å². The number of pyridine rings is 1. The van der Waals surface area contributed by atoms with E-state index in [-0.39, 0.29) is 11.3 Å². The number of imidazole rings is 2. The molecule has 4 aromatic rings. The van der Waals surface area contributed by atoms with Crippen LogP contribution in [0.3, 0.4) is 0 Å². The number of benzene rings is 1. The zero-order valence-electron chi connectivity index (χ0n) is 21.6. The molecule has 4 heterocycles.